The van der Waals surface area contributed by atoms with Gasteiger partial charge in [-0.25, -0.2) is 0 Å². The SMILES string of the molecule is C#CCNC(=O)CN(C)C(C)Cc1cccs1. The molecule has 0 aliphatic rings. The zero-order chi connectivity index (χ0) is 12.7. The average molecular weight is 250 g/mol. The number of nitrogens with zero attached hydrogens (tertiary/aromatic N) is 1. The first kappa shape index (κ1) is 13.8. The molecule has 17 heavy (non-hydrogen) atoms. The summed E-state index contributed by atoms with van der Waals surface area (Å²) in [6.07, 6.45) is 6.05. The number of amides is 1. The predicted octanol–water partition coefficient (Wildman–Crippen LogP) is 1.36. The van der Waals surface area contributed by atoms with Gasteiger partial charge >= 0.3 is 0 Å². The maximum atomic E-state index is 11.5. The molecule has 92 valence electrons. The molecule has 1 aromatic heterocycles. The molecular weight excluding hydrogens is 232 g/mol. The van der Waals surface area contributed by atoms with Crippen molar-refractivity contribution < 1.29 is 4.79 Å². The number of thiophene rings is 1. The fourth-order valence-corrected chi connectivity index (χ4v) is 2.29. The summed E-state index contributed by atoms with van der Waals surface area (Å²) in [7, 11) is 1.95. The number of likely N-dealkylation sites (N-methyl/N-ethyl adjacent to an activating group) is 1. The molecule has 1 atom stereocenters. The molecule has 1 heterocycles. The van der Waals surface area contributed by atoms with Crippen LogP contribution in [-0.4, -0.2) is 37.0 Å². The topological polar surface area (TPSA) is 32.3 Å². The Labute approximate surface area is 107 Å². The molecule has 0 spiro atoms. The Morgan fingerprint density at radius 1 is 1.71 bits per heavy atom. The van der Waals surface area contributed by atoms with Crippen molar-refractivity contribution in [3.8, 4) is 12.3 Å². The van der Waals surface area contributed by atoms with Crippen LogP contribution >= 0.6 is 11.3 Å². The van der Waals surface area contributed by atoms with E-state index < -0.39 is 0 Å². The Bertz CT molecular complexity index is 381. The van der Waals surface area contributed by atoms with Crippen molar-refractivity contribution in [2.24, 2.45) is 0 Å². The molecule has 1 amide bonds. The van der Waals surface area contributed by atoms with Crippen molar-refractivity contribution in [1.82, 2.24) is 10.2 Å². The molecule has 0 saturated carbocycles. The van der Waals surface area contributed by atoms with Gasteiger partial charge in [-0.15, -0.1) is 17.8 Å². The van der Waals surface area contributed by atoms with Gasteiger partial charge < -0.3 is 5.32 Å². The standard InChI is InChI=1S/C13H18N2OS/c1-4-7-14-13(16)10-15(3)11(2)9-12-6-5-8-17-12/h1,5-6,8,11H,7,9-10H2,2-3H3,(H,14,16). The minimum Gasteiger partial charge on any atom is -0.344 e. The van der Waals surface area contributed by atoms with Gasteiger partial charge in [0.25, 0.3) is 0 Å². The van der Waals surface area contributed by atoms with Crippen molar-refractivity contribution >= 4 is 17.2 Å². The van der Waals surface area contributed by atoms with Crippen LogP contribution in [0.1, 0.15) is 11.8 Å². The van der Waals surface area contributed by atoms with Gasteiger partial charge in [0.15, 0.2) is 0 Å². The number of hydrogen-bond acceptors (Lipinski definition) is 3. The van der Waals surface area contributed by atoms with Gasteiger partial charge in [-0.2, -0.15) is 0 Å². The van der Waals surface area contributed by atoms with Crippen LogP contribution in [0.2, 0.25) is 0 Å². The average Bonchev–Trinajstić information content (AvgIpc) is 2.78. The fourth-order valence-electron chi connectivity index (χ4n) is 1.46. The van der Waals surface area contributed by atoms with Gasteiger partial charge in [-0.05, 0) is 31.8 Å². The summed E-state index contributed by atoms with van der Waals surface area (Å²) in [5.41, 5.74) is 0. The highest BCUT2D eigenvalue weighted by Gasteiger charge is 2.13. The second-order valence-electron chi connectivity index (χ2n) is 4.03. The van der Waals surface area contributed by atoms with Crippen molar-refractivity contribution in [2.75, 3.05) is 20.1 Å². The van der Waals surface area contributed by atoms with E-state index in [0.717, 1.165) is 6.42 Å². The monoisotopic (exact) mass is 250 g/mol. The molecule has 4 heteroatoms. The summed E-state index contributed by atoms with van der Waals surface area (Å²) < 4.78 is 0. The first-order valence-electron chi connectivity index (χ1n) is 5.56. The van der Waals surface area contributed by atoms with Crippen molar-refractivity contribution in [3.63, 3.8) is 0 Å². The van der Waals surface area contributed by atoms with Gasteiger partial charge in [0.05, 0.1) is 13.1 Å². The van der Waals surface area contributed by atoms with E-state index in [1.807, 2.05) is 18.0 Å². The molecule has 0 fully saturated rings. The molecule has 0 aliphatic carbocycles. The Hall–Kier alpha value is -1.31. The Balaban J connectivity index is 2.34. The molecule has 0 aliphatic heterocycles. The Morgan fingerprint density at radius 3 is 3.06 bits per heavy atom. The largest absolute Gasteiger partial charge is 0.344 e. The summed E-state index contributed by atoms with van der Waals surface area (Å²) in [5, 5.41) is 4.73. The van der Waals surface area contributed by atoms with E-state index in [9.17, 15) is 4.79 Å². The number of rotatable bonds is 6. The molecule has 0 aromatic carbocycles. The van der Waals surface area contributed by atoms with Gasteiger partial charge in [-0.1, -0.05) is 12.0 Å². The highest BCUT2D eigenvalue weighted by Crippen LogP contribution is 2.13. The van der Waals surface area contributed by atoms with Crippen LogP contribution < -0.4 is 5.32 Å². The van der Waals surface area contributed by atoms with E-state index >= 15 is 0 Å². The van der Waals surface area contributed by atoms with Crippen molar-refractivity contribution in [3.05, 3.63) is 22.4 Å². The summed E-state index contributed by atoms with van der Waals surface area (Å²) >= 11 is 1.75. The number of carbonyl (C=O) groups is 1. The molecular formula is C13H18N2OS. The maximum Gasteiger partial charge on any atom is 0.234 e. The smallest absolute Gasteiger partial charge is 0.234 e. The van der Waals surface area contributed by atoms with E-state index in [-0.39, 0.29) is 5.91 Å². The third-order valence-corrected chi connectivity index (χ3v) is 3.51. The van der Waals surface area contributed by atoms with E-state index in [0.29, 0.717) is 19.1 Å². The van der Waals surface area contributed by atoms with Crippen LogP contribution in [0, 0.1) is 12.3 Å². The minimum absolute atomic E-state index is 0.0246. The quantitative estimate of drug-likeness (QED) is 0.773. The highest BCUT2D eigenvalue weighted by atomic mass is 32.1. The lowest BCUT2D eigenvalue weighted by molar-refractivity contribution is -0.122. The molecule has 0 bridgehead atoms. The normalized spacial score (nSPS) is 12.1. The first-order chi connectivity index (χ1) is 8.13. The molecule has 0 saturated heterocycles. The first-order valence-corrected chi connectivity index (χ1v) is 6.44. The van der Waals surface area contributed by atoms with E-state index in [1.54, 1.807) is 11.3 Å². The zero-order valence-electron chi connectivity index (χ0n) is 10.3. The van der Waals surface area contributed by atoms with Crippen LogP contribution in [0.4, 0.5) is 0 Å². The van der Waals surface area contributed by atoms with E-state index in [4.69, 9.17) is 6.42 Å². The Morgan fingerprint density at radius 2 is 2.47 bits per heavy atom. The van der Waals surface area contributed by atoms with Gasteiger partial charge in [0.1, 0.15) is 0 Å². The molecule has 1 rings (SSSR count). The summed E-state index contributed by atoms with van der Waals surface area (Å²) in [4.78, 5) is 14.8. The van der Waals surface area contributed by atoms with Gasteiger partial charge in [0, 0.05) is 10.9 Å². The molecule has 0 radical (unpaired) electrons. The maximum absolute atomic E-state index is 11.5. The van der Waals surface area contributed by atoms with Crippen LogP contribution in [-0.2, 0) is 11.2 Å². The lowest BCUT2D eigenvalue weighted by atomic mass is 10.2. The van der Waals surface area contributed by atoms with Crippen molar-refractivity contribution in [2.45, 2.75) is 19.4 Å². The number of terminal acetylenes is 1. The lowest BCUT2D eigenvalue weighted by Crippen LogP contribution is -2.40. The molecule has 1 unspecified atom stereocenters. The van der Waals surface area contributed by atoms with E-state index in [1.165, 1.54) is 4.88 Å². The van der Waals surface area contributed by atoms with Crippen LogP contribution in [0.3, 0.4) is 0 Å². The van der Waals surface area contributed by atoms with Gasteiger partial charge in [0.2, 0.25) is 5.91 Å². The lowest BCUT2D eigenvalue weighted by Gasteiger charge is -2.23. The molecule has 1 aromatic rings. The molecule has 1 N–H and O–H groups in total. The highest BCUT2D eigenvalue weighted by molar-refractivity contribution is 7.09. The Kier molecular flexibility index (Phi) is 5.75. The fraction of sp³-hybridized carbons (Fsp3) is 0.462. The number of carbonyl (C=O) groups excluding carboxylic acids is 1. The third kappa shape index (κ3) is 5.03. The second-order valence-corrected chi connectivity index (χ2v) is 5.06. The zero-order valence-corrected chi connectivity index (χ0v) is 11.1. The van der Waals surface area contributed by atoms with Crippen LogP contribution in [0.25, 0.3) is 0 Å². The second kappa shape index (κ2) is 7.10. The predicted molar refractivity (Wildman–Crippen MR) is 72.0 cm³/mol. The van der Waals surface area contributed by atoms with Crippen molar-refractivity contribution in [1.29, 1.82) is 0 Å². The van der Waals surface area contributed by atoms with Crippen LogP contribution in [0.15, 0.2) is 17.5 Å². The number of nitrogens with one attached hydrogen (secondary N) is 1. The summed E-state index contributed by atoms with van der Waals surface area (Å²) in [5.74, 6) is 2.36. The summed E-state index contributed by atoms with van der Waals surface area (Å²) in [6.45, 7) is 2.80. The van der Waals surface area contributed by atoms with E-state index in [2.05, 4.69) is 29.6 Å². The van der Waals surface area contributed by atoms with Crippen LogP contribution in [0.5, 0.6) is 0 Å². The third-order valence-electron chi connectivity index (χ3n) is 2.61. The number of hydrogen-bond donors (Lipinski definition) is 1. The summed E-state index contributed by atoms with van der Waals surface area (Å²) in [6, 6.07) is 4.50. The van der Waals surface area contributed by atoms with Gasteiger partial charge in [-0.3, -0.25) is 9.69 Å². The molecule has 3 nitrogen and oxygen atoms in total. The minimum atomic E-state index is -0.0246.